The van der Waals surface area contributed by atoms with Crippen LogP contribution in [0.4, 0.5) is 0 Å². The van der Waals surface area contributed by atoms with Crippen LogP contribution in [0.5, 0.6) is 11.5 Å². The summed E-state index contributed by atoms with van der Waals surface area (Å²) >= 11 is 0. The van der Waals surface area contributed by atoms with Crippen molar-refractivity contribution in [1.29, 1.82) is 0 Å². The molecule has 1 N–H and O–H groups in total. The van der Waals surface area contributed by atoms with Gasteiger partial charge in [-0.15, -0.1) is 0 Å². The minimum Gasteiger partial charge on any atom is -0.486 e. The van der Waals surface area contributed by atoms with E-state index in [1.165, 1.54) is 17.0 Å². The highest BCUT2D eigenvalue weighted by Gasteiger charge is 2.35. The molecule has 2 heterocycles. The fourth-order valence-corrected chi connectivity index (χ4v) is 3.69. The Morgan fingerprint density at radius 3 is 2.58 bits per heavy atom. The zero-order valence-corrected chi connectivity index (χ0v) is 17.5. The van der Waals surface area contributed by atoms with Gasteiger partial charge in [-0.05, 0) is 49.2 Å². The summed E-state index contributed by atoms with van der Waals surface area (Å²) in [6, 6.07) is 9.84. The number of nitrogens with zero attached hydrogens (tertiary/aromatic N) is 1. The molecule has 0 spiro atoms. The fourth-order valence-electron chi connectivity index (χ4n) is 3.69. The first-order valence-corrected chi connectivity index (χ1v) is 10.2. The normalized spacial score (nSPS) is 15.6. The standard InChI is InChI=1S/C23H24N2O6/c1-14(15-5-7-19-20(13-15)31-11-10-30-19)24-21(26)16-4-6-17-18(12-16)23(28)25(22(17)27)8-3-9-29-2/h4-7,12-14H,3,8-11H2,1-2H3,(H,24,26). The molecule has 2 aromatic carbocycles. The Bertz CT molecular complexity index is 1030. The Kier molecular flexibility index (Phi) is 5.90. The molecule has 2 aliphatic rings. The Morgan fingerprint density at radius 2 is 1.81 bits per heavy atom. The Hall–Kier alpha value is -3.39. The smallest absolute Gasteiger partial charge is 0.261 e. The first-order chi connectivity index (χ1) is 15.0. The highest BCUT2D eigenvalue weighted by molar-refractivity contribution is 6.22. The van der Waals surface area contributed by atoms with E-state index < -0.39 is 0 Å². The summed E-state index contributed by atoms with van der Waals surface area (Å²) < 4.78 is 16.1. The van der Waals surface area contributed by atoms with Gasteiger partial charge in [0.2, 0.25) is 0 Å². The molecular weight excluding hydrogens is 400 g/mol. The lowest BCUT2D eigenvalue weighted by atomic mass is 10.0. The van der Waals surface area contributed by atoms with Crippen LogP contribution in [0.15, 0.2) is 36.4 Å². The van der Waals surface area contributed by atoms with Crippen molar-refractivity contribution in [3.63, 3.8) is 0 Å². The van der Waals surface area contributed by atoms with Gasteiger partial charge in [-0.2, -0.15) is 0 Å². The average Bonchev–Trinajstić information content (AvgIpc) is 3.03. The molecule has 4 rings (SSSR count). The van der Waals surface area contributed by atoms with Gasteiger partial charge in [-0.25, -0.2) is 0 Å². The number of carbonyl (C=O) groups excluding carboxylic acids is 3. The quantitative estimate of drug-likeness (QED) is 0.542. The number of hydrogen-bond donors (Lipinski definition) is 1. The number of carbonyl (C=O) groups is 3. The van der Waals surface area contributed by atoms with Gasteiger partial charge in [0.1, 0.15) is 13.2 Å². The molecular formula is C23H24N2O6. The van der Waals surface area contributed by atoms with Crippen LogP contribution in [0.2, 0.25) is 0 Å². The zero-order chi connectivity index (χ0) is 22.0. The number of benzene rings is 2. The molecule has 0 saturated heterocycles. The van der Waals surface area contributed by atoms with E-state index in [1.54, 1.807) is 13.2 Å². The monoisotopic (exact) mass is 424 g/mol. The lowest BCUT2D eigenvalue weighted by Gasteiger charge is -2.21. The van der Waals surface area contributed by atoms with Crippen molar-refractivity contribution in [2.75, 3.05) is 33.5 Å². The number of fused-ring (bicyclic) bond motifs is 2. The van der Waals surface area contributed by atoms with E-state index in [0.717, 1.165) is 5.56 Å². The lowest BCUT2D eigenvalue weighted by Crippen LogP contribution is -2.31. The van der Waals surface area contributed by atoms with Crippen molar-refractivity contribution in [3.05, 3.63) is 58.7 Å². The van der Waals surface area contributed by atoms with Crippen molar-refractivity contribution in [2.45, 2.75) is 19.4 Å². The summed E-state index contributed by atoms with van der Waals surface area (Å²) in [5, 5.41) is 2.93. The molecule has 1 atom stereocenters. The van der Waals surface area contributed by atoms with Crippen LogP contribution in [-0.2, 0) is 4.74 Å². The Balaban J connectivity index is 1.47. The summed E-state index contributed by atoms with van der Waals surface area (Å²) in [6.45, 7) is 3.61. The summed E-state index contributed by atoms with van der Waals surface area (Å²) in [6.07, 6.45) is 0.558. The molecule has 162 valence electrons. The molecule has 0 aliphatic carbocycles. The Labute approximate surface area is 180 Å². The van der Waals surface area contributed by atoms with E-state index in [1.807, 2.05) is 25.1 Å². The fraction of sp³-hybridized carbons (Fsp3) is 0.348. The van der Waals surface area contributed by atoms with Gasteiger partial charge in [-0.3, -0.25) is 19.3 Å². The van der Waals surface area contributed by atoms with Gasteiger partial charge in [0.15, 0.2) is 11.5 Å². The van der Waals surface area contributed by atoms with Crippen LogP contribution in [0.3, 0.4) is 0 Å². The van der Waals surface area contributed by atoms with Gasteiger partial charge in [0, 0.05) is 25.8 Å². The van der Waals surface area contributed by atoms with Gasteiger partial charge in [0.05, 0.1) is 17.2 Å². The number of rotatable bonds is 7. The van der Waals surface area contributed by atoms with Gasteiger partial charge < -0.3 is 19.5 Å². The van der Waals surface area contributed by atoms with Crippen LogP contribution >= 0.6 is 0 Å². The van der Waals surface area contributed by atoms with E-state index in [4.69, 9.17) is 14.2 Å². The molecule has 2 aliphatic heterocycles. The molecule has 1 unspecified atom stereocenters. The first kappa shape index (κ1) is 20.9. The van der Waals surface area contributed by atoms with Gasteiger partial charge in [0.25, 0.3) is 17.7 Å². The van der Waals surface area contributed by atoms with Crippen molar-refractivity contribution >= 4 is 17.7 Å². The lowest BCUT2D eigenvalue weighted by molar-refractivity contribution is 0.0638. The van der Waals surface area contributed by atoms with Crippen LogP contribution in [0.25, 0.3) is 0 Å². The van der Waals surface area contributed by atoms with Crippen LogP contribution < -0.4 is 14.8 Å². The molecule has 8 heteroatoms. The Morgan fingerprint density at radius 1 is 1.06 bits per heavy atom. The molecule has 0 saturated carbocycles. The third-order valence-electron chi connectivity index (χ3n) is 5.38. The van der Waals surface area contributed by atoms with Crippen LogP contribution in [0.1, 0.15) is 56.0 Å². The summed E-state index contributed by atoms with van der Waals surface area (Å²) in [4.78, 5) is 39.2. The average molecular weight is 424 g/mol. The van der Waals surface area contributed by atoms with E-state index >= 15 is 0 Å². The molecule has 31 heavy (non-hydrogen) atoms. The van der Waals surface area contributed by atoms with E-state index in [0.29, 0.717) is 48.9 Å². The second-order valence-corrected chi connectivity index (χ2v) is 7.47. The molecule has 8 nitrogen and oxygen atoms in total. The summed E-state index contributed by atoms with van der Waals surface area (Å²) in [5.74, 6) is 0.284. The van der Waals surface area contributed by atoms with Crippen molar-refractivity contribution < 1.29 is 28.6 Å². The predicted octanol–water partition coefficient (Wildman–Crippen LogP) is 2.58. The van der Waals surface area contributed by atoms with Crippen molar-refractivity contribution in [2.24, 2.45) is 0 Å². The number of methoxy groups -OCH3 is 1. The number of nitrogens with one attached hydrogen (secondary N) is 1. The third kappa shape index (κ3) is 4.11. The van der Waals surface area contributed by atoms with Crippen LogP contribution in [-0.4, -0.2) is 56.1 Å². The summed E-state index contributed by atoms with van der Waals surface area (Å²) in [7, 11) is 1.57. The van der Waals surface area contributed by atoms with E-state index in [2.05, 4.69) is 5.32 Å². The maximum Gasteiger partial charge on any atom is 0.261 e. The maximum absolute atomic E-state index is 12.8. The number of amides is 3. The highest BCUT2D eigenvalue weighted by atomic mass is 16.6. The molecule has 3 amide bonds. The first-order valence-electron chi connectivity index (χ1n) is 10.2. The number of ether oxygens (including phenoxy) is 3. The summed E-state index contributed by atoms with van der Waals surface area (Å²) in [5.41, 5.74) is 1.76. The second-order valence-electron chi connectivity index (χ2n) is 7.47. The van der Waals surface area contributed by atoms with Gasteiger partial charge in [-0.1, -0.05) is 6.07 Å². The number of hydrogen-bond acceptors (Lipinski definition) is 6. The van der Waals surface area contributed by atoms with Gasteiger partial charge >= 0.3 is 0 Å². The molecule has 2 aromatic rings. The minimum atomic E-state index is -0.384. The molecule has 0 aromatic heterocycles. The second kappa shape index (κ2) is 8.77. The number of imide groups is 1. The minimum absolute atomic E-state index is 0.252. The van der Waals surface area contributed by atoms with Crippen molar-refractivity contribution in [3.8, 4) is 11.5 Å². The highest BCUT2D eigenvalue weighted by Crippen LogP contribution is 2.32. The third-order valence-corrected chi connectivity index (χ3v) is 5.38. The molecule has 0 fully saturated rings. The topological polar surface area (TPSA) is 94.2 Å². The maximum atomic E-state index is 12.8. The van der Waals surface area contributed by atoms with Crippen molar-refractivity contribution in [1.82, 2.24) is 10.2 Å². The van der Waals surface area contributed by atoms with E-state index in [-0.39, 0.29) is 35.9 Å². The molecule has 0 bridgehead atoms. The largest absolute Gasteiger partial charge is 0.486 e. The van der Waals surface area contributed by atoms with Crippen LogP contribution in [0, 0.1) is 0 Å². The predicted molar refractivity (Wildman–Crippen MR) is 112 cm³/mol. The zero-order valence-electron chi connectivity index (χ0n) is 17.5. The van der Waals surface area contributed by atoms with E-state index in [9.17, 15) is 14.4 Å². The molecule has 0 radical (unpaired) electrons. The SMILES string of the molecule is COCCCN1C(=O)c2ccc(C(=O)NC(C)c3ccc4c(c3)OCCO4)cc2C1=O.